The van der Waals surface area contributed by atoms with E-state index in [1.165, 1.54) is 11.3 Å². The third kappa shape index (κ3) is 4.24. The molecule has 0 aliphatic carbocycles. The van der Waals surface area contributed by atoms with Crippen LogP contribution in [-0.4, -0.2) is 22.4 Å². The van der Waals surface area contributed by atoms with Crippen LogP contribution in [0.2, 0.25) is 0 Å². The van der Waals surface area contributed by atoms with Gasteiger partial charge in [-0.05, 0) is 26.2 Å². The van der Waals surface area contributed by atoms with E-state index in [0.717, 1.165) is 25.0 Å². The van der Waals surface area contributed by atoms with E-state index in [-0.39, 0.29) is 5.91 Å². The van der Waals surface area contributed by atoms with Gasteiger partial charge >= 0.3 is 0 Å². The first-order chi connectivity index (χ1) is 7.61. The number of nitrogens with one attached hydrogen (secondary N) is 1. The van der Waals surface area contributed by atoms with Gasteiger partial charge in [-0.25, -0.2) is 4.98 Å². The molecule has 3 N–H and O–H groups in total. The Labute approximate surface area is 104 Å². The summed E-state index contributed by atoms with van der Waals surface area (Å²) < 4.78 is 0. The van der Waals surface area contributed by atoms with Crippen LogP contribution in [0.15, 0.2) is 5.51 Å². The molecule has 0 radical (unpaired) electrons. The van der Waals surface area contributed by atoms with E-state index in [0.29, 0.717) is 16.4 Å². The zero-order valence-electron chi connectivity index (χ0n) is 9.16. The number of aryl methyl sites for hydroxylation is 1. The number of amides is 1. The summed E-state index contributed by atoms with van der Waals surface area (Å²) in [5, 5.41) is 2.85. The first-order valence-electron chi connectivity index (χ1n) is 5.08. The van der Waals surface area contributed by atoms with E-state index in [4.69, 9.17) is 18.0 Å². The summed E-state index contributed by atoms with van der Waals surface area (Å²) in [5.41, 5.74) is 7.83. The standard InChI is InChI=1S/C10H15N3OS2/c1-7-9(16-6-13-7)10(14)12-5-3-2-4-8(11)15/h6H,2-5H2,1H3,(H2,11,15)(H,12,14). The van der Waals surface area contributed by atoms with Gasteiger partial charge in [-0.15, -0.1) is 11.3 Å². The second-order valence-corrected chi connectivity index (χ2v) is 4.83. The van der Waals surface area contributed by atoms with Crippen molar-refractivity contribution in [3.63, 3.8) is 0 Å². The van der Waals surface area contributed by atoms with Crippen LogP contribution in [0.5, 0.6) is 0 Å². The maximum atomic E-state index is 11.6. The average molecular weight is 257 g/mol. The third-order valence-corrected chi connectivity index (χ3v) is 3.22. The normalized spacial score (nSPS) is 10.1. The fourth-order valence-corrected chi connectivity index (χ4v) is 2.09. The van der Waals surface area contributed by atoms with E-state index >= 15 is 0 Å². The molecule has 0 aliphatic heterocycles. The molecule has 1 aromatic heterocycles. The average Bonchev–Trinajstić information content (AvgIpc) is 2.63. The molecule has 16 heavy (non-hydrogen) atoms. The molecule has 0 bridgehead atoms. The van der Waals surface area contributed by atoms with Crippen LogP contribution in [0, 0.1) is 6.92 Å². The Morgan fingerprint density at radius 2 is 2.38 bits per heavy atom. The minimum Gasteiger partial charge on any atom is -0.393 e. The molecule has 0 aliphatic rings. The van der Waals surface area contributed by atoms with E-state index in [9.17, 15) is 4.79 Å². The zero-order valence-corrected chi connectivity index (χ0v) is 10.8. The number of hydrogen-bond acceptors (Lipinski definition) is 4. The van der Waals surface area contributed by atoms with Gasteiger partial charge < -0.3 is 11.1 Å². The molecule has 1 rings (SSSR count). The van der Waals surface area contributed by atoms with Gasteiger partial charge in [-0.1, -0.05) is 12.2 Å². The van der Waals surface area contributed by atoms with E-state index in [1.807, 2.05) is 6.92 Å². The maximum Gasteiger partial charge on any atom is 0.263 e. The summed E-state index contributed by atoms with van der Waals surface area (Å²) in [6, 6.07) is 0. The number of aromatic nitrogens is 1. The molecule has 4 nitrogen and oxygen atoms in total. The number of rotatable bonds is 6. The van der Waals surface area contributed by atoms with Gasteiger partial charge in [0.05, 0.1) is 16.2 Å². The van der Waals surface area contributed by atoms with Crippen molar-refractivity contribution in [2.24, 2.45) is 5.73 Å². The Morgan fingerprint density at radius 3 is 2.94 bits per heavy atom. The Morgan fingerprint density at radius 1 is 1.62 bits per heavy atom. The van der Waals surface area contributed by atoms with Crippen molar-refractivity contribution in [3.05, 3.63) is 16.1 Å². The Kier molecular flexibility index (Phi) is 5.34. The SMILES string of the molecule is Cc1ncsc1C(=O)NCCCCC(N)=S. The predicted octanol–water partition coefficient (Wildman–Crippen LogP) is 1.64. The summed E-state index contributed by atoms with van der Waals surface area (Å²) >= 11 is 6.13. The van der Waals surface area contributed by atoms with Crippen molar-refractivity contribution in [3.8, 4) is 0 Å². The quantitative estimate of drug-likeness (QED) is 0.600. The lowest BCUT2D eigenvalue weighted by Crippen LogP contribution is -2.24. The summed E-state index contributed by atoms with van der Waals surface area (Å²) in [7, 11) is 0. The number of carbonyl (C=O) groups is 1. The first kappa shape index (κ1) is 13.1. The predicted molar refractivity (Wildman–Crippen MR) is 69.8 cm³/mol. The minimum atomic E-state index is -0.0460. The van der Waals surface area contributed by atoms with Crippen LogP contribution in [0.1, 0.15) is 34.6 Å². The van der Waals surface area contributed by atoms with Crippen LogP contribution in [-0.2, 0) is 0 Å². The monoisotopic (exact) mass is 257 g/mol. The molecule has 0 atom stereocenters. The molecule has 6 heteroatoms. The van der Waals surface area contributed by atoms with Gasteiger partial charge in [0.15, 0.2) is 0 Å². The van der Waals surface area contributed by atoms with Crippen molar-refractivity contribution in [2.75, 3.05) is 6.54 Å². The maximum absolute atomic E-state index is 11.6. The van der Waals surface area contributed by atoms with E-state index in [1.54, 1.807) is 5.51 Å². The number of nitrogens with two attached hydrogens (primary N) is 1. The molecule has 0 saturated carbocycles. The lowest BCUT2D eigenvalue weighted by atomic mass is 10.2. The van der Waals surface area contributed by atoms with Crippen molar-refractivity contribution in [1.82, 2.24) is 10.3 Å². The fourth-order valence-electron chi connectivity index (χ4n) is 1.23. The number of carbonyl (C=O) groups excluding carboxylic acids is 1. The lowest BCUT2D eigenvalue weighted by Gasteiger charge is -2.03. The van der Waals surface area contributed by atoms with Crippen LogP contribution in [0.4, 0.5) is 0 Å². The number of thiazole rings is 1. The van der Waals surface area contributed by atoms with Crippen molar-refractivity contribution < 1.29 is 4.79 Å². The summed E-state index contributed by atoms with van der Waals surface area (Å²) in [4.78, 5) is 16.9. The first-order valence-corrected chi connectivity index (χ1v) is 6.36. The zero-order chi connectivity index (χ0) is 12.0. The van der Waals surface area contributed by atoms with Crippen LogP contribution < -0.4 is 11.1 Å². The van der Waals surface area contributed by atoms with Crippen LogP contribution >= 0.6 is 23.6 Å². The molecular weight excluding hydrogens is 242 g/mol. The van der Waals surface area contributed by atoms with E-state index < -0.39 is 0 Å². The van der Waals surface area contributed by atoms with Gasteiger partial charge in [0, 0.05) is 6.54 Å². The van der Waals surface area contributed by atoms with Crippen molar-refractivity contribution >= 4 is 34.5 Å². The van der Waals surface area contributed by atoms with Gasteiger partial charge in [-0.3, -0.25) is 4.79 Å². The number of nitrogens with zero attached hydrogens (tertiary/aromatic N) is 1. The highest BCUT2D eigenvalue weighted by atomic mass is 32.1. The fraction of sp³-hybridized carbons (Fsp3) is 0.500. The highest BCUT2D eigenvalue weighted by Gasteiger charge is 2.10. The number of hydrogen-bond donors (Lipinski definition) is 2. The van der Waals surface area contributed by atoms with E-state index in [2.05, 4.69) is 10.3 Å². The molecule has 1 heterocycles. The van der Waals surface area contributed by atoms with Crippen LogP contribution in [0.3, 0.4) is 0 Å². The molecule has 0 spiro atoms. The highest BCUT2D eigenvalue weighted by molar-refractivity contribution is 7.80. The molecule has 0 unspecified atom stereocenters. The largest absolute Gasteiger partial charge is 0.393 e. The Balaban J connectivity index is 2.21. The van der Waals surface area contributed by atoms with Crippen molar-refractivity contribution in [1.29, 1.82) is 0 Å². The smallest absolute Gasteiger partial charge is 0.263 e. The second kappa shape index (κ2) is 6.55. The summed E-state index contributed by atoms with van der Waals surface area (Å²) in [6.45, 7) is 2.48. The molecular formula is C10H15N3OS2. The minimum absolute atomic E-state index is 0.0460. The molecule has 0 aromatic carbocycles. The van der Waals surface area contributed by atoms with Gasteiger partial charge in [0.1, 0.15) is 4.88 Å². The number of thiocarbonyl (C=S) groups is 1. The molecule has 0 fully saturated rings. The number of unbranched alkanes of at least 4 members (excludes halogenated alkanes) is 1. The Hall–Kier alpha value is -1.01. The van der Waals surface area contributed by atoms with Gasteiger partial charge in [0.2, 0.25) is 0 Å². The molecule has 1 amide bonds. The van der Waals surface area contributed by atoms with Gasteiger partial charge in [0.25, 0.3) is 5.91 Å². The van der Waals surface area contributed by atoms with Gasteiger partial charge in [-0.2, -0.15) is 0 Å². The highest BCUT2D eigenvalue weighted by Crippen LogP contribution is 2.11. The molecule has 88 valence electrons. The topological polar surface area (TPSA) is 68.0 Å². The molecule has 1 aromatic rings. The van der Waals surface area contributed by atoms with Crippen molar-refractivity contribution in [2.45, 2.75) is 26.2 Å². The summed E-state index contributed by atoms with van der Waals surface area (Å²) in [5.74, 6) is -0.0460. The lowest BCUT2D eigenvalue weighted by molar-refractivity contribution is 0.0956. The van der Waals surface area contributed by atoms with Crippen LogP contribution in [0.25, 0.3) is 0 Å². The third-order valence-electron chi connectivity index (χ3n) is 2.09. The Bertz CT molecular complexity index is 376. The second-order valence-electron chi connectivity index (χ2n) is 3.45. The molecule has 0 saturated heterocycles. The summed E-state index contributed by atoms with van der Waals surface area (Å²) in [6.07, 6.45) is 2.54.